The maximum Gasteiger partial charge on any atom is 0.0166 e. The Balaban J connectivity index is 2.25. The second-order valence-electron chi connectivity index (χ2n) is 6.42. The summed E-state index contributed by atoms with van der Waals surface area (Å²) in [7, 11) is 0. The highest BCUT2D eigenvalue weighted by Crippen LogP contribution is 2.42. The lowest BCUT2D eigenvalue weighted by molar-refractivity contribution is 0.250. The highest BCUT2D eigenvalue weighted by Gasteiger charge is 2.39. The van der Waals surface area contributed by atoms with Crippen LogP contribution in [0.1, 0.15) is 64.9 Å². The Morgan fingerprint density at radius 3 is 2.25 bits per heavy atom. The molecule has 0 aromatic heterocycles. The van der Waals surface area contributed by atoms with Crippen molar-refractivity contribution in [1.82, 2.24) is 5.32 Å². The average molecular weight is 273 g/mol. The third kappa shape index (κ3) is 3.44. The number of hydrogen-bond acceptors (Lipinski definition) is 1. The number of hydrogen-bond donors (Lipinski definition) is 1. The average Bonchev–Trinajstić information content (AvgIpc) is 3.31. The number of rotatable bonds is 9. The molecule has 1 aromatic carbocycles. The molecule has 1 unspecified atom stereocenters. The van der Waals surface area contributed by atoms with E-state index in [9.17, 15) is 0 Å². The summed E-state index contributed by atoms with van der Waals surface area (Å²) in [5.74, 6) is 0.977. The van der Waals surface area contributed by atoms with Crippen LogP contribution in [0.3, 0.4) is 0 Å². The minimum Gasteiger partial charge on any atom is -0.313 e. The second-order valence-corrected chi connectivity index (χ2v) is 6.42. The third-order valence-electron chi connectivity index (χ3n) is 5.18. The summed E-state index contributed by atoms with van der Waals surface area (Å²) in [6.07, 6.45) is 7.92. The minimum atomic E-state index is 0.305. The quantitative estimate of drug-likeness (QED) is 0.674. The highest BCUT2D eigenvalue weighted by molar-refractivity contribution is 5.28. The van der Waals surface area contributed by atoms with Crippen molar-refractivity contribution in [2.45, 2.75) is 70.8 Å². The van der Waals surface area contributed by atoms with Crippen molar-refractivity contribution in [3.8, 4) is 0 Å². The van der Waals surface area contributed by atoms with Crippen molar-refractivity contribution in [1.29, 1.82) is 0 Å². The van der Waals surface area contributed by atoms with Crippen molar-refractivity contribution in [3.63, 3.8) is 0 Å². The molecule has 1 aliphatic rings. The van der Waals surface area contributed by atoms with Crippen LogP contribution in [0.2, 0.25) is 0 Å². The second kappa shape index (κ2) is 7.26. The van der Waals surface area contributed by atoms with Crippen LogP contribution in [0.4, 0.5) is 0 Å². The maximum absolute atomic E-state index is 3.88. The monoisotopic (exact) mass is 273 g/mol. The van der Waals surface area contributed by atoms with Gasteiger partial charge in [0.05, 0.1) is 0 Å². The molecule has 2 rings (SSSR count). The standard InChI is InChI=1S/C19H31N/c1-4-14-20-18(15-16-12-13-16)19(5-2,6-3)17-10-8-7-9-11-17/h7-11,16,18,20H,4-6,12-15H2,1-3H3. The zero-order valence-electron chi connectivity index (χ0n) is 13.5. The molecule has 0 radical (unpaired) electrons. The molecule has 1 atom stereocenters. The van der Waals surface area contributed by atoms with Gasteiger partial charge in [-0.15, -0.1) is 0 Å². The van der Waals surface area contributed by atoms with Crippen molar-refractivity contribution < 1.29 is 0 Å². The van der Waals surface area contributed by atoms with Crippen molar-refractivity contribution in [2.75, 3.05) is 6.54 Å². The Morgan fingerprint density at radius 2 is 1.75 bits per heavy atom. The van der Waals surface area contributed by atoms with Crippen LogP contribution >= 0.6 is 0 Å². The van der Waals surface area contributed by atoms with Gasteiger partial charge in [0.25, 0.3) is 0 Å². The largest absolute Gasteiger partial charge is 0.313 e. The Kier molecular flexibility index (Phi) is 5.65. The summed E-state index contributed by atoms with van der Waals surface area (Å²) in [4.78, 5) is 0. The molecular weight excluding hydrogens is 242 g/mol. The van der Waals surface area contributed by atoms with Gasteiger partial charge in [-0.1, -0.05) is 63.9 Å². The first kappa shape index (κ1) is 15.6. The van der Waals surface area contributed by atoms with Crippen LogP contribution in [0.5, 0.6) is 0 Å². The van der Waals surface area contributed by atoms with Gasteiger partial charge in [-0.25, -0.2) is 0 Å². The third-order valence-corrected chi connectivity index (χ3v) is 5.18. The lowest BCUT2D eigenvalue weighted by atomic mass is 9.68. The molecule has 1 aromatic rings. The zero-order valence-corrected chi connectivity index (χ0v) is 13.5. The smallest absolute Gasteiger partial charge is 0.0166 e. The number of benzene rings is 1. The van der Waals surface area contributed by atoms with E-state index in [0.29, 0.717) is 11.5 Å². The summed E-state index contributed by atoms with van der Waals surface area (Å²) < 4.78 is 0. The van der Waals surface area contributed by atoms with Crippen LogP contribution in [0, 0.1) is 5.92 Å². The summed E-state index contributed by atoms with van der Waals surface area (Å²) in [6.45, 7) is 8.14. The zero-order chi connectivity index (χ0) is 14.4. The topological polar surface area (TPSA) is 12.0 Å². The van der Waals surface area contributed by atoms with Crippen molar-refractivity contribution >= 4 is 0 Å². The Hall–Kier alpha value is -0.820. The first-order chi connectivity index (χ1) is 9.76. The van der Waals surface area contributed by atoms with Crippen molar-refractivity contribution in [3.05, 3.63) is 35.9 Å². The van der Waals surface area contributed by atoms with E-state index in [1.54, 1.807) is 0 Å². The summed E-state index contributed by atoms with van der Waals surface area (Å²) >= 11 is 0. The van der Waals surface area contributed by atoms with E-state index in [4.69, 9.17) is 0 Å². The Labute approximate surface area is 125 Å². The van der Waals surface area contributed by atoms with E-state index in [0.717, 1.165) is 12.5 Å². The van der Waals surface area contributed by atoms with Crippen LogP contribution < -0.4 is 5.32 Å². The predicted octanol–water partition coefficient (Wildman–Crippen LogP) is 4.91. The van der Waals surface area contributed by atoms with E-state index in [1.807, 2.05) is 0 Å². The van der Waals surface area contributed by atoms with Gasteiger partial charge < -0.3 is 5.32 Å². The van der Waals surface area contributed by atoms with Crippen LogP contribution in [-0.2, 0) is 5.41 Å². The van der Waals surface area contributed by atoms with Crippen LogP contribution in [0.15, 0.2) is 30.3 Å². The van der Waals surface area contributed by atoms with E-state index in [-0.39, 0.29) is 0 Å². The molecule has 1 heteroatoms. The molecular formula is C19H31N. The van der Waals surface area contributed by atoms with Crippen LogP contribution in [-0.4, -0.2) is 12.6 Å². The van der Waals surface area contributed by atoms with E-state index >= 15 is 0 Å². The normalized spacial score (nSPS) is 17.1. The molecule has 1 N–H and O–H groups in total. The minimum absolute atomic E-state index is 0.305. The van der Waals surface area contributed by atoms with Gasteiger partial charge >= 0.3 is 0 Å². The first-order valence-electron chi connectivity index (χ1n) is 8.55. The predicted molar refractivity (Wildman–Crippen MR) is 88.1 cm³/mol. The lowest BCUT2D eigenvalue weighted by Crippen LogP contribution is -2.48. The fraction of sp³-hybridized carbons (Fsp3) is 0.684. The molecule has 1 saturated carbocycles. The molecule has 1 aliphatic carbocycles. The van der Waals surface area contributed by atoms with E-state index in [2.05, 4.69) is 56.4 Å². The molecule has 0 spiro atoms. The summed E-state index contributed by atoms with van der Waals surface area (Å²) in [5, 5.41) is 3.88. The molecule has 112 valence electrons. The fourth-order valence-electron chi connectivity index (χ4n) is 3.63. The Bertz CT molecular complexity index is 376. The molecule has 1 nitrogen and oxygen atoms in total. The molecule has 0 aliphatic heterocycles. The van der Waals surface area contributed by atoms with Crippen molar-refractivity contribution in [2.24, 2.45) is 5.92 Å². The van der Waals surface area contributed by atoms with Gasteiger partial charge in [-0.3, -0.25) is 0 Å². The van der Waals surface area contributed by atoms with Gasteiger partial charge in [0.15, 0.2) is 0 Å². The molecule has 0 heterocycles. The van der Waals surface area contributed by atoms with Crippen LogP contribution in [0.25, 0.3) is 0 Å². The SMILES string of the molecule is CCCNC(CC1CC1)C(CC)(CC)c1ccccc1. The fourth-order valence-corrected chi connectivity index (χ4v) is 3.63. The summed E-state index contributed by atoms with van der Waals surface area (Å²) in [5.41, 5.74) is 1.83. The lowest BCUT2D eigenvalue weighted by Gasteiger charge is -2.41. The maximum atomic E-state index is 3.88. The molecule has 0 amide bonds. The van der Waals surface area contributed by atoms with Gasteiger partial charge in [0, 0.05) is 11.5 Å². The molecule has 1 fully saturated rings. The molecule has 0 saturated heterocycles. The summed E-state index contributed by atoms with van der Waals surface area (Å²) in [6, 6.07) is 11.8. The first-order valence-corrected chi connectivity index (χ1v) is 8.55. The number of nitrogens with one attached hydrogen (secondary N) is 1. The molecule has 20 heavy (non-hydrogen) atoms. The highest BCUT2D eigenvalue weighted by atomic mass is 14.9. The molecule has 0 bridgehead atoms. The van der Waals surface area contributed by atoms with Gasteiger partial charge in [-0.2, -0.15) is 0 Å². The van der Waals surface area contributed by atoms with Gasteiger partial charge in [0.1, 0.15) is 0 Å². The van der Waals surface area contributed by atoms with E-state index < -0.39 is 0 Å². The Morgan fingerprint density at radius 1 is 1.10 bits per heavy atom. The van der Waals surface area contributed by atoms with Gasteiger partial charge in [-0.05, 0) is 43.7 Å². The van der Waals surface area contributed by atoms with E-state index in [1.165, 1.54) is 44.1 Å². The van der Waals surface area contributed by atoms with Gasteiger partial charge in [0.2, 0.25) is 0 Å².